The minimum atomic E-state index is 0.0717. The van der Waals surface area contributed by atoms with E-state index in [1.54, 1.807) is 6.26 Å². The van der Waals surface area contributed by atoms with Crippen LogP contribution in [0.4, 0.5) is 0 Å². The molecule has 2 rings (SSSR count). The molecule has 0 aromatic carbocycles. The zero-order valence-corrected chi connectivity index (χ0v) is 9.93. The number of hydrogen-bond donors (Lipinski definition) is 0. The van der Waals surface area contributed by atoms with Crippen LogP contribution >= 0.6 is 0 Å². The zero-order chi connectivity index (χ0) is 11.7. The van der Waals surface area contributed by atoms with E-state index in [0.717, 1.165) is 17.9 Å². The summed E-state index contributed by atoms with van der Waals surface area (Å²) in [5.74, 6) is 1.06. The Morgan fingerprint density at radius 2 is 2.25 bits per heavy atom. The summed E-state index contributed by atoms with van der Waals surface area (Å²) in [6.45, 7) is 4.86. The molecule has 1 aromatic rings. The van der Waals surface area contributed by atoms with Crippen molar-refractivity contribution in [1.82, 2.24) is 4.90 Å². The summed E-state index contributed by atoms with van der Waals surface area (Å²) in [7, 11) is 2.05. The van der Waals surface area contributed by atoms with E-state index in [1.165, 1.54) is 0 Å². The number of hydrogen-bond acceptors (Lipinski definition) is 3. The number of carbonyl (C=O) groups excluding carboxylic acids is 1. The van der Waals surface area contributed by atoms with Crippen LogP contribution in [0.25, 0.3) is 6.08 Å². The molecule has 0 unspecified atom stereocenters. The number of Topliss-reactive ketones (excluding diaryl/α,β-unsaturated/α-hetero) is 1. The molecule has 0 spiro atoms. The topological polar surface area (TPSA) is 33.5 Å². The van der Waals surface area contributed by atoms with E-state index < -0.39 is 0 Å². The molecule has 1 aromatic heterocycles. The number of ketones is 1. The van der Waals surface area contributed by atoms with Gasteiger partial charge in [-0.15, -0.1) is 0 Å². The molecule has 16 heavy (non-hydrogen) atoms. The smallest absolute Gasteiger partial charge is 0.164 e. The summed E-state index contributed by atoms with van der Waals surface area (Å²) in [6, 6.07) is 3.86. The van der Waals surface area contributed by atoms with Crippen LogP contribution in [0.2, 0.25) is 0 Å². The van der Waals surface area contributed by atoms with Crippen LogP contribution in [-0.2, 0) is 4.79 Å². The first-order valence-electron chi connectivity index (χ1n) is 5.59. The Morgan fingerprint density at radius 1 is 1.50 bits per heavy atom. The van der Waals surface area contributed by atoms with Crippen molar-refractivity contribution in [2.24, 2.45) is 5.92 Å². The molecule has 2 atom stereocenters. The van der Waals surface area contributed by atoms with Crippen LogP contribution in [-0.4, -0.2) is 30.3 Å². The van der Waals surface area contributed by atoms with Gasteiger partial charge in [0.1, 0.15) is 5.76 Å². The van der Waals surface area contributed by atoms with Crippen LogP contribution in [0.15, 0.2) is 28.4 Å². The van der Waals surface area contributed by atoms with Gasteiger partial charge in [0.25, 0.3) is 0 Å². The normalized spacial score (nSPS) is 29.9. The Bertz CT molecular complexity index is 406. The maximum Gasteiger partial charge on any atom is 0.164 e. The summed E-state index contributed by atoms with van der Waals surface area (Å²) >= 11 is 0. The number of piperidine rings is 1. The highest BCUT2D eigenvalue weighted by molar-refractivity contribution is 6.02. The molecule has 0 bridgehead atoms. The van der Waals surface area contributed by atoms with E-state index >= 15 is 0 Å². The first kappa shape index (κ1) is 11.1. The van der Waals surface area contributed by atoms with Crippen molar-refractivity contribution in [2.45, 2.75) is 19.9 Å². The van der Waals surface area contributed by atoms with Gasteiger partial charge in [0.2, 0.25) is 0 Å². The molecule has 86 valence electrons. The predicted octanol–water partition coefficient (Wildman–Crippen LogP) is 2.20. The minimum Gasteiger partial charge on any atom is -0.465 e. The number of rotatable bonds is 1. The molecule has 0 radical (unpaired) electrons. The molecule has 0 saturated carbocycles. The molecule has 1 aliphatic heterocycles. The van der Waals surface area contributed by atoms with Crippen molar-refractivity contribution >= 4 is 11.9 Å². The SMILES string of the molecule is C[C@@H]1CN(C)[C@H](C)/C(=C/c2ccco2)C1=O. The predicted molar refractivity (Wildman–Crippen MR) is 62.9 cm³/mol. The lowest BCUT2D eigenvalue weighted by Crippen LogP contribution is -2.44. The third-order valence-corrected chi connectivity index (χ3v) is 3.25. The van der Waals surface area contributed by atoms with E-state index in [2.05, 4.69) is 11.8 Å². The van der Waals surface area contributed by atoms with Gasteiger partial charge in [-0.3, -0.25) is 9.69 Å². The maximum atomic E-state index is 12.1. The van der Waals surface area contributed by atoms with Gasteiger partial charge in [-0.05, 0) is 32.2 Å². The van der Waals surface area contributed by atoms with E-state index in [9.17, 15) is 4.79 Å². The van der Waals surface area contributed by atoms with Crippen molar-refractivity contribution in [1.29, 1.82) is 0 Å². The molecule has 0 amide bonds. The Kier molecular flexibility index (Phi) is 2.97. The summed E-state index contributed by atoms with van der Waals surface area (Å²) in [5.41, 5.74) is 0.844. The third kappa shape index (κ3) is 1.95. The lowest BCUT2D eigenvalue weighted by atomic mass is 9.88. The molecule has 3 nitrogen and oxygen atoms in total. The van der Waals surface area contributed by atoms with Gasteiger partial charge >= 0.3 is 0 Å². The van der Waals surface area contributed by atoms with Gasteiger partial charge < -0.3 is 4.42 Å². The molecular weight excluding hydrogens is 202 g/mol. The van der Waals surface area contributed by atoms with Crippen LogP contribution in [0.1, 0.15) is 19.6 Å². The Labute approximate surface area is 95.7 Å². The molecule has 1 aliphatic rings. The fourth-order valence-corrected chi connectivity index (χ4v) is 2.12. The molecular formula is C13H17NO2. The van der Waals surface area contributed by atoms with Crippen molar-refractivity contribution in [3.63, 3.8) is 0 Å². The van der Waals surface area contributed by atoms with Crippen LogP contribution < -0.4 is 0 Å². The van der Waals surface area contributed by atoms with Crippen molar-refractivity contribution < 1.29 is 9.21 Å². The second-order valence-electron chi connectivity index (χ2n) is 4.50. The number of furan rings is 1. The van der Waals surface area contributed by atoms with Crippen molar-refractivity contribution in [2.75, 3.05) is 13.6 Å². The van der Waals surface area contributed by atoms with E-state index in [4.69, 9.17) is 4.42 Å². The first-order chi connectivity index (χ1) is 7.59. The van der Waals surface area contributed by atoms with Crippen LogP contribution in [0.5, 0.6) is 0 Å². The lowest BCUT2D eigenvalue weighted by Gasteiger charge is -2.34. The Hall–Kier alpha value is -1.35. The highest BCUT2D eigenvalue weighted by atomic mass is 16.3. The Morgan fingerprint density at radius 3 is 2.88 bits per heavy atom. The van der Waals surface area contributed by atoms with Crippen LogP contribution in [0.3, 0.4) is 0 Å². The fourth-order valence-electron chi connectivity index (χ4n) is 2.12. The largest absolute Gasteiger partial charge is 0.465 e. The molecule has 0 N–H and O–H groups in total. The number of likely N-dealkylation sites (N-methyl/N-ethyl adjacent to an activating group) is 1. The van der Waals surface area contributed by atoms with Crippen molar-refractivity contribution in [3.05, 3.63) is 29.7 Å². The minimum absolute atomic E-state index is 0.0717. The molecule has 3 heteroatoms. The summed E-state index contributed by atoms with van der Waals surface area (Å²) in [4.78, 5) is 14.3. The standard InChI is InChI=1S/C13H17NO2/c1-9-8-14(3)10(2)12(13(9)15)7-11-5-4-6-16-11/h4-7,9-10H,8H2,1-3H3/b12-7-/t9-,10-/m1/s1. The number of nitrogens with zero attached hydrogens (tertiary/aromatic N) is 1. The van der Waals surface area contributed by atoms with Gasteiger partial charge in [0.05, 0.1) is 6.26 Å². The molecule has 0 aliphatic carbocycles. The average Bonchev–Trinajstić information content (AvgIpc) is 2.74. The van der Waals surface area contributed by atoms with Gasteiger partial charge in [-0.25, -0.2) is 0 Å². The molecule has 1 saturated heterocycles. The second-order valence-corrected chi connectivity index (χ2v) is 4.50. The molecule has 1 fully saturated rings. The zero-order valence-electron chi connectivity index (χ0n) is 9.93. The monoisotopic (exact) mass is 219 g/mol. The quantitative estimate of drug-likeness (QED) is 0.679. The second kappa shape index (κ2) is 4.26. The first-order valence-corrected chi connectivity index (χ1v) is 5.59. The van der Waals surface area contributed by atoms with E-state index in [1.807, 2.05) is 32.2 Å². The third-order valence-electron chi connectivity index (χ3n) is 3.25. The molecule has 2 heterocycles. The Balaban J connectivity index is 2.33. The highest BCUT2D eigenvalue weighted by Crippen LogP contribution is 2.24. The lowest BCUT2D eigenvalue weighted by molar-refractivity contribution is -0.121. The van der Waals surface area contributed by atoms with E-state index in [0.29, 0.717) is 0 Å². The number of carbonyl (C=O) groups is 1. The van der Waals surface area contributed by atoms with Crippen molar-refractivity contribution in [3.8, 4) is 0 Å². The van der Waals surface area contributed by atoms with Gasteiger partial charge in [0.15, 0.2) is 5.78 Å². The maximum absolute atomic E-state index is 12.1. The van der Waals surface area contributed by atoms with Crippen LogP contribution in [0, 0.1) is 5.92 Å². The summed E-state index contributed by atoms with van der Waals surface area (Å²) in [6.07, 6.45) is 3.48. The summed E-state index contributed by atoms with van der Waals surface area (Å²) < 4.78 is 5.26. The van der Waals surface area contributed by atoms with E-state index in [-0.39, 0.29) is 17.7 Å². The highest BCUT2D eigenvalue weighted by Gasteiger charge is 2.31. The van der Waals surface area contributed by atoms with Gasteiger partial charge in [-0.1, -0.05) is 6.92 Å². The number of likely N-dealkylation sites (tertiary alicyclic amines) is 1. The summed E-state index contributed by atoms with van der Waals surface area (Å²) in [5, 5.41) is 0. The average molecular weight is 219 g/mol. The van der Waals surface area contributed by atoms with Gasteiger partial charge in [-0.2, -0.15) is 0 Å². The fraction of sp³-hybridized carbons (Fsp3) is 0.462. The van der Waals surface area contributed by atoms with Gasteiger partial charge in [0, 0.05) is 24.1 Å².